The SMILES string of the molecule is CCNCCc1c(C)nc(-c2ccc(O)c(O)c2)nc1C. The molecule has 112 valence electrons. The highest BCUT2D eigenvalue weighted by atomic mass is 16.3. The van der Waals surface area contributed by atoms with Crippen molar-refractivity contribution < 1.29 is 10.2 Å². The Morgan fingerprint density at radius 1 is 1.05 bits per heavy atom. The first-order valence-electron chi connectivity index (χ1n) is 7.10. The highest BCUT2D eigenvalue weighted by Crippen LogP contribution is 2.29. The molecule has 2 rings (SSSR count). The summed E-state index contributed by atoms with van der Waals surface area (Å²) < 4.78 is 0. The van der Waals surface area contributed by atoms with Gasteiger partial charge in [-0.05, 0) is 57.1 Å². The average molecular weight is 287 g/mol. The summed E-state index contributed by atoms with van der Waals surface area (Å²) in [5.41, 5.74) is 3.74. The number of nitrogens with zero attached hydrogens (tertiary/aromatic N) is 2. The first-order valence-corrected chi connectivity index (χ1v) is 7.10. The summed E-state index contributed by atoms with van der Waals surface area (Å²) in [5, 5.41) is 22.2. The number of rotatable bonds is 5. The van der Waals surface area contributed by atoms with Gasteiger partial charge in [0.05, 0.1) is 0 Å². The van der Waals surface area contributed by atoms with Crippen molar-refractivity contribution in [2.75, 3.05) is 13.1 Å². The molecule has 1 aromatic heterocycles. The van der Waals surface area contributed by atoms with Gasteiger partial charge in [-0.2, -0.15) is 0 Å². The fourth-order valence-electron chi connectivity index (χ4n) is 2.28. The maximum atomic E-state index is 9.58. The molecule has 3 N–H and O–H groups in total. The van der Waals surface area contributed by atoms with Crippen LogP contribution in [-0.2, 0) is 6.42 Å². The van der Waals surface area contributed by atoms with Gasteiger partial charge in [0, 0.05) is 17.0 Å². The van der Waals surface area contributed by atoms with Crippen LogP contribution in [0.25, 0.3) is 11.4 Å². The second kappa shape index (κ2) is 6.54. The molecule has 1 heterocycles. The maximum Gasteiger partial charge on any atom is 0.159 e. The van der Waals surface area contributed by atoms with Crippen LogP contribution in [0.3, 0.4) is 0 Å². The number of hydrogen-bond acceptors (Lipinski definition) is 5. The number of nitrogens with one attached hydrogen (secondary N) is 1. The molecule has 21 heavy (non-hydrogen) atoms. The van der Waals surface area contributed by atoms with E-state index in [1.165, 1.54) is 12.1 Å². The van der Waals surface area contributed by atoms with E-state index in [1.807, 2.05) is 13.8 Å². The number of benzene rings is 1. The zero-order chi connectivity index (χ0) is 15.4. The van der Waals surface area contributed by atoms with Crippen molar-refractivity contribution in [1.82, 2.24) is 15.3 Å². The van der Waals surface area contributed by atoms with Crippen molar-refractivity contribution >= 4 is 0 Å². The van der Waals surface area contributed by atoms with E-state index in [0.717, 1.165) is 36.5 Å². The summed E-state index contributed by atoms with van der Waals surface area (Å²) in [6.45, 7) is 7.88. The quantitative estimate of drug-likeness (QED) is 0.581. The van der Waals surface area contributed by atoms with E-state index in [2.05, 4.69) is 22.2 Å². The van der Waals surface area contributed by atoms with Gasteiger partial charge in [-0.1, -0.05) is 6.92 Å². The Labute approximate surface area is 124 Å². The van der Waals surface area contributed by atoms with Crippen LogP contribution in [-0.4, -0.2) is 33.3 Å². The largest absolute Gasteiger partial charge is 0.504 e. The fourth-order valence-corrected chi connectivity index (χ4v) is 2.28. The predicted molar refractivity (Wildman–Crippen MR) is 82.5 cm³/mol. The molecule has 0 radical (unpaired) electrons. The van der Waals surface area contributed by atoms with Gasteiger partial charge < -0.3 is 15.5 Å². The molecule has 5 heteroatoms. The predicted octanol–water partition coefficient (Wildman–Crippen LogP) is 2.32. The summed E-state index contributed by atoms with van der Waals surface area (Å²) >= 11 is 0. The van der Waals surface area contributed by atoms with E-state index in [9.17, 15) is 10.2 Å². The van der Waals surface area contributed by atoms with Crippen LogP contribution < -0.4 is 5.32 Å². The minimum Gasteiger partial charge on any atom is -0.504 e. The number of aromatic nitrogens is 2. The van der Waals surface area contributed by atoms with E-state index in [1.54, 1.807) is 6.07 Å². The van der Waals surface area contributed by atoms with E-state index in [0.29, 0.717) is 11.4 Å². The van der Waals surface area contributed by atoms with Crippen molar-refractivity contribution in [3.05, 3.63) is 35.2 Å². The average Bonchev–Trinajstić information content (AvgIpc) is 2.44. The number of likely N-dealkylation sites (N-methyl/N-ethyl adjacent to an activating group) is 1. The van der Waals surface area contributed by atoms with Crippen LogP contribution in [0.4, 0.5) is 0 Å². The lowest BCUT2D eigenvalue weighted by Crippen LogP contribution is -2.17. The molecule has 5 nitrogen and oxygen atoms in total. The molecule has 0 aliphatic carbocycles. The monoisotopic (exact) mass is 287 g/mol. The van der Waals surface area contributed by atoms with Gasteiger partial charge in [0.25, 0.3) is 0 Å². The van der Waals surface area contributed by atoms with E-state index in [-0.39, 0.29) is 11.5 Å². The Morgan fingerprint density at radius 2 is 1.71 bits per heavy atom. The first-order chi connectivity index (χ1) is 10.0. The second-order valence-electron chi connectivity index (χ2n) is 5.00. The first kappa shape index (κ1) is 15.3. The van der Waals surface area contributed by atoms with Crippen LogP contribution in [0.1, 0.15) is 23.9 Å². The van der Waals surface area contributed by atoms with Gasteiger partial charge in [0.1, 0.15) is 0 Å². The molecule has 0 aliphatic heterocycles. The Morgan fingerprint density at radius 3 is 2.29 bits per heavy atom. The number of aryl methyl sites for hydroxylation is 2. The highest BCUT2D eigenvalue weighted by Gasteiger charge is 2.11. The Hall–Kier alpha value is -2.14. The fraction of sp³-hybridized carbons (Fsp3) is 0.375. The Balaban J connectivity index is 2.32. The van der Waals surface area contributed by atoms with Crippen LogP contribution in [0, 0.1) is 13.8 Å². The molecule has 0 spiro atoms. The standard InChI is InChI=1S/C16H21N3O2/c1-4-17-8-7-13-10(2)18-16(19-11(13)3)12-5-6-14(20)15(21)9-12/h5-6,9,17,20-21H,4,7-8H2,1-3H3. The van der Waals surface area contributed by atoms with Gasteiger partial charge in [0.2, 0.25) is 0 Å². The Kier molecular flexibility index (Phi) is 4.75. The summed E-state index contributed by atoms with van der Waals surface area (Å²) in [7, 11) is 0. The van der Waals surface area contributed by atoms with Gasteiger partial charge in [-0.15, -0.1) is 0 Å². The lowest BCUT2D eigenvalue weighted by atomic mass is 10.1. The molecule has 0 aliphatic rings. The van der Waals surface area contributed by atoms with Gasteiger partial charge in [-0.3, -0.25) is 0 Å². The Bertz CT molecular complexity index is 618. The summed E-state index contributed by atoms with van der Waals surface area (Å²) in [6.07, 6.45) is 0.895. The molecule has 0 atom stereocenters. The van der Waals surface area contributed by atoms with Crippen LogP contribution in [0.2, 0.25) is 0 Å². The number of phenols is 2. The molecule has 1 aromatic carbocycles. The van der Waals surface area contributed by atoms with Crippen molar-refractivity contribution in [3.63, 3.8) is 0 Å². The van der Waals surface area contributed by atoms with E-state index < -0.39 is 0 Å². The third-order valence-electron chi connectivity index (χ3n) is 3.46. The van der Waals surface area contributed by atoms with Crippen molar-refractivity contribution in [3.8, 4) is 22.9 Å². The zero-order valence-corrected chi connectivity index (χ0v) is 12.6. The summed E-state index contributed by atoms with van der Waals surface area (Å²) in [6, 6.07) is 4.61. The second-order valence-corrected chi connectivity index (χ2v) is 5.00. The van der Waals surface area contributed by atoms with Gasteiger partial charge in [0.15, 0.2) is 17.3 Å². The lowest BCUT2D eigenvalue weighted by Gasteiger charge is -2.11. The van der Waals surface area contributed by atoms with Crippen LogP contribution in [0.5, 0.6) is 11.5 Å². The summed E-state index contributed by atoms with van der Waals surface area (Å²) in [5.74, 6) is 0.254. The maximum absolute atomic E-state index is 9.58. The molecule has 0 unspecified atom stereocenters. The van der Waals surface area contributed by atoms with E-state index in [4.69, 9.17) is 0 Å². The number of phenolic OH excluding ortho intramolecular Hbond substituents is 2. The summed E-state index contributed by atoms with van der Waals surface area (Å²) in [4.78, 5) is 9.04. The van der Waals surface area contributed by atoms with Gasteiger partial charge >= 0.3 is 0 Å². The molecule has 0 saturated carbocycles. The van der Waals surface area contributed by atoms with Gasteiger partial charge in [-0.25, -0.2) is 9.97 Å². The minimum absolute atomic E-state index is 0.144. The molecular weight excluding hydrogens is 266 g/mol. The smallest absolute Gasteiger partial charge is 0.159 e. The van der Waals surface area contributed by atoms with Crippen LogP contribution >= 0.6 is 0 Å². The van der Waals surface area contributed by atoms with Crippen molar-refractivity contribution in [1.29, 1.82) is 0 Å². The lowest BCUT2D eigenvalue weighted by molar-refractivity contribution is 0.404. The normalized spacial score (nSPS) is 10.8. The highest BCUT2D eigenvalue weighted by molar-refractivity contribution is 5.61. The topological polar surface area (TPSA) is 78.3 Å². The molecule has 0 bridgehead atoms. The van der Waals surface area contributed by atoms with Crippen molar-refractivity contribution in [2.24, 2.45) is 0 Å². The molecule has 2 aromatic rings. The van der Waals surface area contributed by atoms with Crippen LogP contribution in [0.15, 0.2) is 18.2 Å². The zero-order valence-electron chi connectivity index (χ0n) is 12.6. The third-order valence-corrected chi connectivity index (χ3v) is 3.46. The van der Waals surface area contributed by atoms with Crippen molar-refractivity contribution in [2.45, 2.75) is 27.2 Å². The van der Waals surface area contributed by atoms with E-state index >= 15 is 0 Å². The molecule has 0 amide bonds. The molecular formula is C16H21N3O2. The number of hydrogen-bond donors (Lipinski definition) is 3. The molecule has 0 fully saturated rings. The minimum atomic E-state index is -0.164. The number of aromatic hydroxyl groups is 2. The third kappa shape index (κ3) is 3.49. The molecule has 0 saturated heterocycles.